The lowest BCUT2D eigenvalue weighted by Gasteiger charge is -2.21. The third-order valence-electron chi connectivity index (χ3n) is 4.27. The number of amides is 1. The zero-order chi connectivity index (χ0) is 18.8. The van der Waals surface area contributed by atoms with Crippen molar-refractivity contribution >= 4 is 15.9 Å². The Morgan fingerprint density at radius 2 is 1.68 bits per heavy atom. The zero-order valence-corrected chi connectivity index (χ0v) is 16.7. The number of aryl methyl sites for hydroxylation is 1. The molecule has 2 heterocycles. The summed E-state index contributed by atoms with van der Waals surface area (Å²) < 4.78 is 29.5. The molecule has 1 amide bonds. The van der Waals surface area contributed by atoms with Gasteiger partial charge in [-0.05, 0) is 47.5 Å². The number of carbonyl (C=O) groups excluding carboxylic acids is 1. The van der Waals surface area contributed by atoms with Crippen LogP contribution in [0.1, 0.15) is 57.8 Å². The van der Waals surface area contributed by atoms with Crippen LogP contribution in [0.25, 0.3) is 0 Å². The number of sulfonamides is 1. The van der Waals surface area contributed by atoms with E-state index >= 15 is 0 Å². The Kier molecular flexibility index (Phi) is 5.93. The van der Waals surface area contributed by atoms with Crippen molar-refractivity contribution in [1.82, 2.24) is 19.4 Å². The number of likely N-dealkylation sites (tertiary alicyclic amines) is 1. The summed E-state index contributed by atoms with van der Waals surface area (Å²) in [5.41, 5.74) is 0.331. The van der Waals surface area contributed by atoms with Gasteiger partial charge in [0, 0.05) is 18.6 Å². The Hall–Kier alpha value is -1.41. The molecule has 0 aromatic carbocycles. The number of carbonyl (C=O) groups is 1. The minimum Gasteiger partial charge on any atom is -0.341 e. The van der Waals surface area contributed by atoms with Gasteiger partial charge in [-0.3, -0.25) is 9.48 Å². The van der Waals surface area contributed by atoms with Crippen molar-refractivity contribution in [3.05, 3.63) is 11.4 Å². The maximum Gasteiger partial charge on any atom is 0.244 e. The first-order valence-electron chi connectivity index (χ1n) is 8.87. The van der Waals surface area contributed by atoms with E-state index in [0.29, 0.717) is 11.4 Å². The fourth-order valence-corrected chi connectivity index (χ4v) is 5.06. The molecular weight excluding hydrogens is 340 g/mol. The van der Waals surface area contributed by atoms with Crippen molar-refractivity contribution in [3.8, 4) is 0 Å². The van der Waals surface area contributed by atoms with Crippen molar-refractivity contribution < 1.29 is 13.2 Å². The van der Waals surface area contributed by atoms with Crippen LogP contribution in [0.15, 0.2) is 4.90 Å². The molecule has 1 aliphatic heterocycles. The van der Waals surface area contributed by atoms with Gasteiger partial charge in [-0.2, -0.15) is 5.10 Å². The first-order valence-corrected chi connectivity index (χ1v) is 10.4. The van der Waals surface area contributed by atoms with Gasteiger partial charge in [0.1, 0.15) is 11.4 Å². The van der Waals surface area contributed by atoms with E-state index < -0.39 is 15.6 Å². The van der Waals surface area contributed by atoms with Crippen molar-refractivity contribution in [2.45, 2.75) is 77.3 Å². The van der Waals surface area contributed by atoms with Gasteiger partial charge in [-0.25, -0.2) is 13.1 Å². The number of rotatable bonds is 4. The van der Waals surface area contributed by atoms with Crippen LogP contribution in [0, 0.1) is 13.8 Å². The quantitative estimate of drug-likeness (QED) is 0.878. The lowest BCUT2D eigenvalue weighted by molar-refractivity contribution is -0.132. The van der Waals surface area contributed by atoms with Crippen LogP contribution in [0.2, 0.25) is 0 Å². The van der Waals surface area contributed by atoms with Gasteiger partial charge in [0.05, 0.1) is 11.4 Å². The summed E-state index contributed by atoms with van der Waals surface area (Å²) in [7, 11) is -3.68. The zero-order valence-electron chi connectivity index (χ0n) is 15.9. The van der Waals surface area contributed by atoms with E-state index in [1.807, 2.05) is 4.90 Å². The fraction of sp³-hybridized carbons (Fsp3) is 0.765. The molecule has 1 aromatic rings. The molecular formula is C17H30N4O3S. The monoisotopic (exact) mass is 370 g/mol. The van der Waals surface area contributed by atoms with E-state index in [4.69, 9.17) is 0 Å². The summed E-state index contributed by atoms with van der Waals surface area (Å²) in [6, 6.07) is 0. The number of nitrogens with zero attached hydrogens (tertiary/aromatic N) is 3. The summed E-state index contributed by atoms with van der Waals surface area (Å²) in [5.74, 6) is 0.000212. The standard InChI is InChI=1S/C17H30N4O3S/c1-13-16(25(23,24)19-17(3,4)5)14(2)21(18-13)12-15(22)20-10-8-6-7-9-11-20/h19H,6-12H2,1-5H3. The van der Waals surface area contributed by atoms with Crippen molar-refractivity contribution in [3.63, 3.8) is 0 Å². The smallest absolute Gasteiger partial charge is 0.244 e. The van der Waals surface area contributed by atoms with E-state index in [1.54, 1.807) is 34.6 Å². The molecule has 0 radical (unpaired) electrons. The molecule has 1 saturated heterocycles. The lowest BCUT2D eigenvalue weighted by Crippen LogP contribution is -2.40. The first kappa shape index (κ1) is 19.9. The Labute approximate surface area is 150 Å². The summed E-state index contributed by atoms with van der Waals surface area (Å²) in [6.45, 7) is 10.4. The molecule has 7 nitrogen and oxygen atoms in total. The molecule has 8 heteroatoms. The van der Waals surface area contributed by atoms with Gasteiger partial charge in [-0.1, -0.05) is 12.8 Å². The lowest BCUT2D eigenvalue weighted by atomic mass is 10.1. The molecule has 142 valence electrons. The molecule has 0 bridgehead atoms. The van der Waals surface area contributed by atoms with Gasteiger partial charge in [-0.15, -0.1) is 0 Å². The molecule has 2 rings (SSSR count). The Balaban J connectivity index is 2.23. The van der Waals surface area contributed by atoms with E-state index in [9.17, 15) is 13.2 Å². The average Bonchev–Trinajstić information content (AvgIpc) is 2.66. The first-order chi connectivity index (χ1) is 11.5. The molecule has 1 N–H and O–H groups in total. The van der Waals surface area contributed by atoms with Crippen LogP contribution in [-0.2, 0) is 21.4 Å². The highest BCUT2D eigenvalue weighted by molar-refractivity contribution is 7.89. The largest absolute Gasteiger partial charge is 0.341 e. The minimum absolute atomic E-state index is 0.000212. The van der Waals surface area contributed by atoms with Crippen molar-refractivity contribution in [2.24, 2.45) is 0 Å². The highest BCUT2D eigenvalue weighted by Crippen LogP contribution is 2.21. The van der Waals surface area contributed by atoms with Gasteiger partial charge in [0.2, 0.25) is 15.9 Å². The number of hydrogen-bond donors (Lipinski definition) is 1. The minimum atomic E-state index is -3.68. The molecule has 0 unspecified atom stereocenters. The molecule has 0 atom stereocenters. The highest BCUT2D eigenvalue weighted by Gasteiger charge is 2.29. The van der Waals surface area contributed by atoms with Gasteiger partial charge >= 0.3 is 0 Å². The Morgan fingerprint density at radius 3 is 2.20 bits per heavy atom. The summed E-state index contributed by atoms with van der Waals surface area (Å²) in [4.78, 5) is 14.6. The summed E-state index contributed by atoms with van der Waals surface area (Å²) in [5, 5.41) is 4.31. The highest BCUT2D eigenvalue weighted by atomic mass is 32.2. The molecule has 1 aromatic heterocycles. The normalized spacial score (nSPS) is 16.8. The van der Waals surface area contributed by atoms with Gasteiger partial charge in [0.25, 0.3) is 0 Å². The number of aromatic nitrogens is 2. The summed E-state index contributed by atoms with van der Waals surface area (Å²) in [6.07, 6.45) is 4.37. The molecule has 0 aliphatic carbocycles. The Morgan fingerprint density at radius 1 is 1.12 bits per heavy atom. The number of nitrogens with one attached hydrogen (secondary N) is 1. The maximum absolute atomic E-state index is 12.7. The van der Waals surface area contributed by atoms with E-state index in [-0.39, 0.29) is 17.3 Å². The van der Waals surface area contributed by atoms with Crippen LogP contribution in [0.5, 0.6) is 0 Å². The fourth-order valence-electron chi connectivity index (χ4n) is 3.23. The van der Waals surface area contributed by atoms with Crippen molar-refractivity contribution in [2.75, 3.05) is 13.1 Å². The van der Waals surface area contributed by atoms with Crippen LogP contribution >= 0.6 is 0 Å². The van der Waals surface area contributed by atoms with Crippen LogP contribution in [0.3, 0.4) is 0 Å². The van der Waals surface area contributed by atoms with Crippen LogP contribution < -0.4 is 4.72 Å². The topological polar surface area (TPSA) is 84.3 Å². The predicted molar refractivity (Wildman–Crippen MR) is 96.8 cm³/mol. The third kappa shape index (κ3) is 5.04. The van der Waals surface area contributed by atoms with Crippen LogP contribution in [0.4, 0.5) is 0 Å². The Bertz CT molecular complexity index is 724. The predicted octanol–water partition coefficient (Wildman–Crippen LogP) is 1.98. The average molecular weight is 371 g/mol. The molecule has 1 aliphatic rings. The molecule has 0 spiro atoms. The number of hydrogen-bond acceptors (Lipinski definition) is 4. The molecule has 1 fully saturated rings. The second-order valence-corrected chi connectivity index (χ2v) is 9.43. The van der Waals surface area contributed by atoms with Gasteiger partial charge < -0.3 is 4.90 Å². The van der Waals surface area contributed by atoms with Gasteiger partial charge in [0.15, 0.2) is 0 Å². The summed E-state index contributed by atoms with van der Waals surface area (Å²) >= 11 is 0. The third-order valence-corrected chi connectivity index (χ3v) is 6.28. The second kappa shape index (κ2) is 7.45. The second-order valence-electron chi connectivity index (χ2n) is 7.81. The van der Waals surface area contributed by atoms with E-state index in [1.165, 1.54) is 4.68 Å². The van der Waals surface area contributed by atoms with E-state index in [0.717, 1.165) is 38.8 Å². The van der Waals surface area contributed by atoms with E-state index in [2.05, 4.69) is 9.82 Å². The van der Waals surface area contributed by atoms with Crippen LogP contribution in [-0.4, -0.2) is 47.6 Å². The van der Waals surface area contributed by atoms with Crippen molar-refractivity contribution in [1.29, 1.82) is 0 Å². The molecule has 0 saturated carbocycles. The maximum atomic E-state index is 12.7. The molecule has 25 heavy (non-hydrogen) atoms. The SMILES string of the molecule is Cc1nn(CC(=O)N2CCCCCC2)c(C)c1S(=O)(=O)NC(C)(C)C.